The van der Waals surface area contributed by atoms with E-state index in [1.807, 2.05) is 0 Å². The Balaban J connectivity index is 1.94. The number of amides is 1. The van der Waals surface area contributed by atoms with Crippen LogP contribution >= 0.6 is 0 Å². The van der Waals surface area contributed by atoms with E-state index in [2.05, 4.69) is 5.92 Å². The predicted molar refractivity (Wildman–Crippen MR) is 79.7 cm³/mol. The quantitative estimate of drug-likeness (QED) is 0.628. The van der Waals surface area contributed by atoms with Gasteiger partial charge in [0, 0.05) is 18.7 Å². The van der Waals surface area contributed by atoms with Crippen LogP contribution in [0.2, 0.25) is 0 Å². The highest BCUT2D eigenvalue weighted by Crippen LogP contribution is 2.30. The van der Waals surface area contributed by atoms with Crippen LogP contribution in [-0.4, -0.2) is 37.1 Å². The minimum Gasteiger partial charge on any atom is -0.369 e. The van der Waals surface area contributed by atoms with Crippen LogP contribution in [0.25, 0.3) is 0 Å². The summed E-state index contributed by atoms with van der Waals surface area (Å²) in [6.07, 6.45) is 2.18. The summed E-state index contributed by atoms with van der Waals surface area (Å²) in [5.41, 5.74) is -0.734. The molecule has 6 heteroatoms. The monoisotopic (exact) mass is 325 g/mol. The second kappa shape index (κ2) is 7.51. The number of piperidine rings is 1. The molecule has 3 nitrogen and oxygen atoms in total. The summed E-state index contributed by atoms with van der Waals surface area (Å²) in [6, 6.07) is 4.55. The zero-order valence-corrected chi connectivity index (χ0v) is 12.6. The first-order chi connectivity index (χ1) is 10.9. The third-order valence-electron chi connectivity index (χ3n) is 3.88. The van der Waals surface area contributed by atoms with Gasteiger partial charge < -0.3 is 9.64 Å². The van der Waals surface area contributed by atoms with Crippen LogP contribution < -0.4 is 0 Å². The van der Waals surface area contributed by atoms with Gasteiger partial charge >= 0.3 is 6.18 Å². The van der Waals surface area contributed by atoms with Gasteiger partial charge in [-0.2, -0.15) is 13.2 Å². The maximum atomic E-state index is 12.7. The second-order valence-corrected chi connectivity index (χ2v) is 5.53. The Kier molecular flexibility index (Phi) is 5.67. The Labute approximate surface area is 133 Å². The third-order valence-corrected chi connectivity index (χ3v) is 3.88. The van der Waals surface area contributed by atoms with Crippen molar-refractivity contribution in [1.82, 2.24) is 4.90 Å². The molecule has 0 aliphatic carbocycles. The predicted octanol–water partition coefficient (Wildman–Crippen LogP) is 3.21. The molecule has 1 amide bonds. The van der Waals surface area contributed by atoms with Crippen molar-refractivity contribution in [2.75, 3.05) is 26.3 Å². The number of benzene rings is 1. The van der Waals surface area contributed by atoms with Gasteiger partial charge in [0.15, 0.2) is 0 Å². The number of nitrogens with zero attached hydrogens (tertiary/aromatic N) is 1. The Morgan fingerprint density at radius 2 is 2.04 bits per heavy atom. The minimum atomic E-state index is -4.45. The minimum absolute atomic E-state index is 0.0712. The first kappa shape index (κ1) is 17.4. The van der Waals surface area contributed by atoms with E-state index in [0.717, 1.165) is 25.0 Å². The molecular formula is C17H18F3NO2. The lowest BCUT2D eigenvalue weighted by Gasteiger charge is -2.32. The lowest BCUT2D eigenvalue weighted by Crippen LogP contribution is -2.39. The number of halogens is 3. The molecule has 0 bridgehead atoms. The molecular weight excluding hydrogens is 307 g/mol. The van der Waals surface area contributed by atoms with E-state index in [1.54, 1.807) is 4.90 Å². The molecule has 1 fully saturated rings. The Hall–Kier alpha value is -2.00. The van der Waals surface area contributed by atoms with Crippen molar-refractivity contribution in [3.63, 3.8) is 0 Å². The molecule has 0 aromatic heterocycles. The maximum absolute atomic E-state index is 12.7. The molecule has 1 aliphatic heterocycles. The SMILES string of the molecule is C#CCOCC1CCN(C(=O)c2cccc(C(F)(F)F)c2)CC1. The van der Waals surface area contributed by atoms with Crippen LogP contribution in [0.1, 0.15) is 28.8 Å². The normalized spacial score (nSPS) is 16.2. The summed E-state index contributed by atoms with van der Waals surface area (Å²) in [5, 5.41) is 0. The second-order valence-electron chi connectivity index (χ2n) is 5.53. The van der Waals surface area contributed by atoms with E-state index >= 15 is 0 Å². The van der Waals surface area contributed by atoms with Gasteiger partial charge in [0.2, 0.25) is 0 Å². The number of hydrogen-bond donors (Lipinski definition) is 0. The summed E-state index contributed by atoms with van der Waals surface area (Å²) in [4.78, 5) is 13.9. The molecule has 23 heavy (non-hydrogen) atoms. The number of likely N-dealkylation sites (tertiary alicyclic amines) is 1. The van der Waals surface area contributed by atoms with Crippen LogP contribution in [0.5, 0.6) is 0 Å². The number of carbonyl (C=O) groups is 1. The first-order valence-electron chi connectivity index (χ1n) is 7.39. The molecule has 0 atom stereocenters. The highest BCUT2D eigenvalue weighted by Gasteiger charge is 2.31. The van der Waals surface area contributed by atoms with Crippen molar-refractivity contribution in [3.8, 4) is 12.3 Å². The average molecular weight is 325 g/mol. The standard InChI is InChI=1S/C17H18F3NO2/c1-2-10-23-12-13-6-8-21(9-7-13)16(22)14-4-3-5-15(11-14)17(18,19)20/h1,3-5,11,13H,6-10,12H2. The Bertz CT molecular complexity index is 584. The van der Waals surface area contributed by atoms with E-state index < -0.39 is 11.7 Å². The fourth-order valence-electron chi connectivity index (χ4n) is 2.60. The molecule has 2 rings (SSSR count). The topological polar surface area (TPSA) is 29.5 Å². The molecule has 0 radical (unpaired) electrons. The molecule has 124 valence electrons. The largest absolute Gasteiger partial charge is 0.416 e. The molecule has 0 saturated carbocycles. The van der Waals surface area contributed by atoms with Crippen LogP contribution in [0.3, 0.4) is 0 Å². The molecule has 1 aromatic rings. The first-order valence-corrected chi connectivity index (χ1v) is 7.39. The summed E-state index contributed by atoms with van der Waals surface area (Å²) >= 11 is 0. The molecule has 1 saturated heterocycles. The summed E-state index contributed by atoms with van der Waals surface area (Å²) in [6.45, 7) is 1.84. The van der Waals surface area contributed by atoms with Gasteiger partial charge in [0.1, 0.15) is 6.61 Å². The van der Waals surface area contributed by atoms with Gasteiger partial charge in [-0.3, -0.25) is 4.79 Å². The van der Waals surface area contributed by atoms with Crippen LogP contribution in [0.15, 0.2) is 24.3 Å². The van der Waals surface area contributed by atoms with Gasteiger partial charge in [-0.1, -0.05) is 12.0 Å². The van der Waals surface area contributed by atoms with Gasteiger partial charge in [-0.15, -0.1) is 6.42 Å². The fraction of sp³-hybridized carbons (Fsp3) is 0.471. The lowest BCUT2D eigenvalue weighted by molar-refractivity contribution is -0.137. The zero-order valence-electron chi connectivity index (χ0n) is 12.6. The molecule has 1 heterocycles. The van der Waals surface area contributed by atoms with E-state index in [1.165, 1.54) is 12.1 Å². The number of alkyl halides is 3. The van der Waals surface area contributed by atoms with Crippen molar-refractivity contribution >= 4 is 5.91 Å². The fourth-order valence-corrected chi connectivity index (χ4v) is 2.60. The molecule has 0 unspecified atom stereocenters. The van der Waals surface area contributed by atoms with Crippen molar-refractivity contribution < 1.29 is 22.7 Å². The number of hydrogen-bond acceptors (Lipinski definition) is 2. The number of rotatable bonds is 4. The summed E-state index contributed by atoms with van der Waals surface area (Å²) in [7, 11) is 0. The molecule has 0 N–H and O–H groups in total. The van der Waals surface area contributed by atoms with Gasteiger partial charge in [0.25, 0.3) is 5.91 Å². The van der Waals surface area contributed by atoms with Crippen LogP contribution in [-0.2, 0) is 10.9 Å². The van der Waals surface area contributed by atoms with Gasteiger partial charge in [-0.05, 0) is 37.0 Å². The van der Waals surface area contributed by atoms with Gasteiger partial charge in [0.05, 0.1) is 12.2 Å². The van der Waals surface area contributed by atoms with Crippen LogP contribution in [0.4, 0.5) is 13.2 Å². The van der Waals surface area contributed by atoms with E-state index in [9.17, 15) is 18.0 Å². The van der Waals surface area contributed by atoms with E-state index in [0.29, 0.717) is 25.6 Å². The summed E-state index contributed by atoms with van der Waals surface area (Å²) in [5.74, 6) is 2.36. The zero-order chi connectivity index (χ0) is 16.9. The number of carbonyl (C=O) groups excluding carboxylic acids is 1. The number of ether oxygens (including phenoxy) is 1. The molecule has 1 aromatic carbocycles. The summed E-state index contributed by atoms with van der Waals surface area (Å²) < 4.78 is 43.4. The molecule has 1 aliphatic rings. The molecule has 0 spiro atoms. The van der Waals surface area contributed by atoms with Gasteiger partial charge in [-0.25, -0.2) is 0 Å². The highest BCUT2D eigenvalue weighted by atomic mass is 19.4. The van der Waals surface area contributed by atoms with Crippen molar-refractivity contribution in [2.24, 2.45) is 5.92 Å². The highest BCUT2D eigenvalue weighted by molar-refractivity contribution is 5.94. The Morgan fingerprint density at radius 1 is 1.35 bits per heavy atom. The average Bonchev–Trinajstić information content (AvgIpc) is 2.54. The Morgan fingerprint density at radius 3 is 2.65 bits per heavy atom. The van der Waals surface area contributed by atoms with E-state index in [-0.39, 0.29) is 18.1 Å². The smallest absolute Gasteiger partial charge is 0.369 e. The lowest BCUT2D eigenvalue weighted by atomic mass is 9.97. The van der Waals surface area contributed by atoms with Crippen LogP contribution in [0, 0.1) is 18.3 Å². The van der Waals surface area contributed by atoms with E-state index in [4.69, 9.17) is 11.2 Å². The maximum Gasteiger partial charge on any atom is 0.416 e. The number of terminal acetylenes is 1. The third kappa shape index (κ3) is 4.73. The van der Waals surface area contributed by atoms with Crippen molar-refractivity contribution in [3.05, 3.63) is 35.4 Å². The van der Waals surface area contributed by atoms with Crippen molar-refractivity contribution in [1.29, 1.82) is 0 Å². The van der Waals surface area contributed by atoms with Crippen molar-refractivity contribution in [2.45, 2.75) is 19.0 Å².